The third-order valence-corrected chi connectivity index (χ3v) is 3.96. The summed E-state index contributed by atoms with van der Waals surface area (Å²) in [6.45, 7) is 8.97. The molecular formula is C11H18ClNO2Si. The lowest BCUT2D eigenvalue weighted by Crippen LogP contribution is -3.00. The number of nitrogens with zero attached hydrogens (tertiary/aromatic N) is 1. The summed E-state index contributed by atoms with van der Waals surface area (Å²) in [6.07, 6.45) is 3.91. The first-order chi connectivity index (χ1) is 6.95. The molecule has 1 aromatic heterocycles. The zero-order chi connectivity index (χ0) is 11.5. The topological polar surface area (TPSA) is 30.2 Å². The van der Waals surface area contributed by atoms with E-state index in [9.17, 15) is 4.79 Å². The van der Waals surface area contributed by atoms with Crippen molar-refractivity contribution in [3.05, 3.63) is 30.1 Å². The molecule has 0 amide bonds. The molecule has 1 rings (SSSR count). The number of halogens is 1. The molecule has 0 aromatic carbocycles. The van der Waals surface area contributed by atoms with Crippen LogP contribution in [0.3, 0.4) is 0 Å². The quantitative estimate of drug-likeness (QED) is 0.506. The van der Waals surface area contributed by atoms with E-state index in [0.29, 0.717) is 12.2 Å². The second kappa shape index (κ2) is 6.01. The van der Waals surface area contributed by atoms with Gasteiger partial charge in [0.1, 0.15) is 12.4 Å². The number of rotatable bonds is 3. The molecule has 0 saturated carbocycles. The molecule has 16 heavy (non-hydrogen) atoms. The van der Waals surface area contributed by atoms with Crippen LogP contribution in [0.2, 0.25) is 19.6 Å². The summed E-state index contributed by atoms with van der Waals surface area (Å²) in [5.74, 6) is -0.250. The number of esters is 1. The smallest absolute Gasteiger partial charge is 0.354 e. The highest BCUT2D eigenvalue weighted by Gasteiger charge is 2.27. The van der Waals surface area contributed by atoms with Gasteiger partial charge in [-0.05, 0) is 26.6 Å². The maximum absolute atomic E-state index is 11.4. The van der Waals surface area contributed by atoms with Gasteiger partial charge in [0, 0.05) is 12.1 Å². The second-order valence-electron chi connectivity index (χ2n) is 4.39. The highest BCUT2D eigenvalue weighted by Crippen LogP contribution is 2.01. The van der Waals surface area contributed by atoms with Gasteiger partial charge in [0.05, 0.1) is 12.2 Å². The number of ether oxygens (including phenoxy) is 1. The minimum absolute atomic E-state index is 0. The van der Waals surface area contributed by atoms with E-state index >= 15 is 0 Å². The van der Waals surface area contributed by atoms with E-state index in [2.05, 4.69) is 23.9 Å². The SMILES string of the molecule is CCOC(=O)c1cc[n+]([Si](C)(C)C)cc1.[Cl-]. The maximum atomic E-state index is 11.4. The van der Waals surface area contributed by atoms with Crippen molar-refractivity contribution in [2.75, 3.05) is 6.61 Å². The zero-order valence-corrected chi connectivity index (χ0v) is 11.9. The Morgan fingerprint density at radius 3 is 2.19 bits per heavy atom. The van der Waals surface area contributed by atoms with Gasteiger partial charge in [0.15, 0.2) is 0 Å². The summed E-state index contributed by atoms with van der Waals surface area (Å²) < 4.78 is 7.11. The number of pyridine rings is 1. The average molecular weight is 260 g/mol. The molecule has 0 saturated heterocycles. The Kier molecular flexibility index (Phi) is 5.68. The minimum atomic E-state index is -1.34. The fraction of sp³-hybridized carbons (Fsp3) is 0.455. The first-order valence-electron chi connectivity index (χ1n) is 5.14. The van der Waals surface area contributed by atoms with Crippen molar-refractivity contribution in [3.63, 3.8) is 0 Å². The van der Waals surface area contributed by atoms with Gasteiger partial charge in [0.2, 0.25) is 0 Å². The maximum Gasteiger partial charge on any atom is 0.354 e. The Balaban J connectivity index is 0.00000225. The number of hydrogen-bond donors (Lipinski definition) is 0. The van der Waals surface area contributed by atoms with Crippen LogP contribution in [0.5, 0.6) is 0 Å². The molecule has 0 radical (unpaired) electrons. The molecule has 0 N–H and O–H groups in total. The zero-order valence-electron chi connectivity index (χ0n) is 10.2. The molecule has 90 valence electrons. The Bertz CT molecular complexity index is 346. The van der Waals surface area contributed by atoms with E-state index in [1.165, 1.54) is 0 Å². The molecule has 0 bridgehead atoms. The van der Waals surface area contributed by atoms with Crippen molar-refractivity contribution >= 4 is 14.2 Å². The van der Waals surface area contributed by atoms with Crippen molar-refractivity contribution in [2.45, 2.75) is 26.6 Å². The first-order valence-corrected chi connectivity index (χ1v) is 8.59. The molecule has 1 aromatic rings. The molecule has 0 aliphatic carbocycles. The van der Waals surface area contributed by atoms with Gasteiger partial charge in [-0.3, -0.25) is 4.23 Å². The van der Waals surface area contributed by atoms with Gasteiger partial charge in [-0.1, -0.05) is 0 Å². The molecule has 0 atom stereocenters. The van der Waals surface area contributed by atoms with Crippen LogP contribution in [0, 0.1) is 0 Å². The highest BCUT2D eigenvalue weighted by molar-refractivity contribution is 6.67. The van der Waals surface area contributed by atoms with Crippen LogP contribution >= 0.6 is 0 Å². The van der Waals surface area contributed by atoms with Gasteiger partial charge < -0.3 is 17.1 Å². The lowest BCUT2D eigenvalue weighted by Gasteiger charge is -2.09. The monoisotopic (exact) mass is 259 g/mol. The summed E-state index contributed by atoms with van der Waals surface area (Å²) >= 11 is 0. The highest BCUT2D eigenvalue weighted by atomic mass is 35.5. The molecule has 0 spiro atoms. The molecule has 1 heterocycles. The van der Waals surface area contributed by atoms with Gasteiger partial charge in [-0.25, -0.2) is 4.79 Å². The van der Waals surface area contributed by atoms with E-state index in [1.54, 1.807) is 0 Å². The van der Waals surface area contributed by atoms with Crippen LogP contribution in [0.15, 0.2) is 24.5 Å². The van der Waals surface area contributed by atoms with E-state index in [-0.39, 0.29) is 18.4 Å². The molecule has 3 nitrogen and oxygen atoms in total. The lowest BCUT2D eigenvalue weighted by atomic mass is 10.3. The van der Waals surface area contributed by atoms with Crippen LogP contribution in [0.1, 0.15) is 17.3 Å². The van der Waals surface area contributed by atoms with Crippen molar-refractivity contribution in [1.29, 1.82) is 0 Å². The lowest BCUT2D eigenvalue weighted by molar-refractivity contribution is -0.545. The number of carbonyl (C=O) groups excluding carboxylic acids is 1. The van der Waals surface area contributed by atoms with Crippen molar-refractivity contribution in [1.82, 2.24) is 0 Å². The summed E-state index contributed by atoms with van der Waals surface area (Å²) in [6, 6.07) is 3.63. The Morgan fingerprint density at radius 2 is 1.81 bits per heavy atom. The fourth-order valence-electron chi connectivity index (χ4n) is 1.22. The summed E-state index contributed by atoms with van der Waals surface area (Å²) in [4.78, 5) is 11.4. The third-order valence-electron chi connectivity index (χ3n) is 2.12. The van der Waals surface area contributed by atoms with Crippen LogP contribution in [0.4, 0.5) is 0 Å². The summed E-state index contributed by atoms with van der Waals surface area (Å²) in [5, 5.41) is 0. The average Bonchev–Trinajstić information content (AvgIpc) is 2.17. The number of hydrogen-bond acceptors (Lipinski definition) is 2. The van der Waals surface area contributed by atoms with E-state index in [1.807, 2.05) is 31.5 Å². The van der Waals surface area contributed by atoms with E-state index in [4.69, 9.17) is 4.74 Å². The summed E-state index contributed by atoms with van der Waals surface area (Å²) in [7, 11) is -1.34. The molecule has 5 heteroatoms. The molecule has 0 fully saturated rings. The van der Waals surface area contributed by atoms with Gasteiger partial charge in [-0.15, -0.1) is 0 Å². The van der Waals surface area contributed by atoms with Crippen molar-refractivity contribution < 1.29 is 26.2 Å². The van der Waals surface area contributed by atoms with E-state index in [0.717, 1.165) is 0 Å². The van der Waals surface area contributed by atoms with Crippen LogP contribution in [-0.2, 0) is 4.74 Å². The van der Waals surface area contributed by atoms with Gasteiger partial charge in [-0.2, -0.15) is 0 Å². The Labute approximate surface area is 104 Å². The van der Waals surface area contributed by atoms with Crippen LogP contribution < -0.4 is 16.6 Å². The summed E-state index contributed by atoms with van der Waals surface area (Å²) in [5.41, 5.74) is 0.617. The first kappa shape index (κ1) is 15.1. The predicted molar refractivity (Wildman–Crippen MR) is 61.3 cm³/mol. The number of carbonyl (C=O) groups is 1. The molecular weight excluding hydrogens is 242 g/mol. The van der Waals surface area contributed by atoms with Crippen molar-refractivity contribution in [3.8, 4) is 0 Å². The van der Waals surface area contributed by atoms with Gasteiger partial charge in [0.25, 0.3) is 0 Å². The number of aromatic nitrogens is 1. The minimum Gasteiger partial charge on any atom is -1.00 e. The van der Waals surface area contributed by atoms with Crippen LogP contribution in [-0.4, -0.2) is 20.8 Å². The molecule has 0 aliphatic rings. The largest absolute Gasteiger partial charge is 1.00 e. The second-order valence-corrected chi connectivity index (χ2v) is 9.24. The fourth-order valence-corrected chi connectivity index (χ4v) is 2.27. The van der Waals surface area contributed by atoms with Crippen molar-refractivity contribution in [2.24, 2.45) is 0 Å². The normalized spacial score (nSPS) is 10.5. The Hall–Kier alpha value is -0.873. The predicted octanol–water partition coefficient (Wildman–Crippen LogP) is -1.16. The van der Waals surface area contributed by atoms with E-state index < -0.39 is 8.24 Å². The standard InChI is InChI=1S/C11H18NO2Si.ClH/c1-5-14-11(13)10-6-8-12(9-7-10)15(2,3)4;/h6-9H,5H2,1-4H3;1H/q+1;/p-1. The van der Waals surface area contributed by atoms with Gasteiger partial charge >= 0.3 is 14.2 Å². The van der Waals surface area contributed by atoms with Crippen LogP contribution in [0.25, 0.3) is 0 Å². The Morgan fingerprint density at radius 1 is 1.31 bits per heavy atom. The molecule has 0 unspecified atom stereocenters. The third kappa shape index (κ3) is 3.94. The molecule has 0 aliphatic heterocycles.